The molecule has 0 atom stereocenters. The number of aromatic nitrogens is 2. The lowest BCUT2D eigenvalue weighted by molar-refractivity contribution is -0.138. The minimum Gasteiger partial charge on any atom is -0.309 e. The van der Waals surface area contributed by atoms with E-state index in [1.807, 2.05) is 0 Å². The predicted molar refractivity (Wildman–Crippen MR) is 311 cm³/mol. The van der Waals surface area contributed by atoms with Crippen LogP contribution in [-0.2, 0) is 30.9 Å². The molecule has 0 aliphatic carbocycles. The number of aryl methyl sites for hydroxylation is 4. The van der Waals surface area contributed by atoms with E-state index in [9.17, 15) is 57.9 Å². The lowest BCUT2D eigenvalue weighted by Gasteiger charge is -2.23. The van der Waals surface area contributed by atoms with Crippen molar-refractivity contribution in [2.75, 3.05) is 0 Å². The molecule has 0 fully saturated rings. The van der Waals surface area contributed by atoms with E-state index in [0.29, 0.717) is 49.7 Å². The van der Waals surface area contributed by atoms with Gasteiger partial charge >= 0.3 is 30.9 Å². The van der Waals surface area contributed by atoms with Crippen LogP contribution in [0.4, 0.5) is 65.9 Å². The molecule has 12 aromatic rings. The van der Waals surface area contributed by atoms with Crippen molar-refractivity contribution in [1.29, 1.82) is 5.26 Å². The summed E-state index contributed by atoms with van der Waals surface area (Å²) < 4.78 is 222. The quantitative estimate of drug-likeness (QED) is 0.146. The Morgan fingerprint density at radius 2 is 0.670 bits per heavy atom. The second-order valence-corrected chi connectivity index (χ2v) is 21.8. The Labute approximate surface area is 491 Å². The molecule has 0 spiro atoms. The van der Waals surface area contributed by atoms with Crippen LogP contribution in [0.15, 0.2) is 182 Å². The number of benzene rings is 10. The third kappa shape index (κ3) is 10.3. The molecule has 10 aromatic carbocycles. The molecular weight excluding hydrogens is 1170 g/mol. The molecule has 0 amide bonds. The van der Waals surface area contributed by atoms with E-state index >= 15 is 13.2 Å². The molecule has 0 saturated heterocycles. The van der Waals surface area contributed by atoms with Gasteiger partial charge in [0.15, 0.2) is 0 Å². The first-order valence-corrected chi connectivity index (χ1v) is 27.0. The van der Waals surface area contributed by atoms with Gasteiger partial charge in [0.2, 0.25) is 0 Å². The molecule has 0 N–H and O–H groups in total. The van der Waals surface area contributed by atoms with Crippen LogP contribution in [0, 0.1) is 39.0 Å². The standard InChI is InChI=1S/C70H42F15N3/c1-36-8-16-53(58(24-36)70(83,84)85)44-12-23-62-57(32-44)56-31-43(52-19-15-48(27-39(52)4)68(77,78)79)11-22-61(56)88(62)64-34-49(69(80,81)82)33-63(65(64)45-7-5-6-40(28-45)35-86)87-59-20-9-41(50-17-13-46(25-37(50)2)66(71,72)73)29-54(59)55-30-42(10-21-60(55)87)51-18-14-47(26-38(51)3)67(74,75)76/h5-34H,1-4H3. The summed E-state index contributed by atoms with van der Waals surface area (Å²) in [6, 6.07) is 42.1. The number of hydrogen-bond donors (Lipinski definition) is 0. The molecule has 12 rings (SSSR count). The molecule has 18 heteroatoms. The smallest absolute Gasteiger partial charge is 0.309 e. The van der Waals surface area contributed by atoms with E-state index in [-0.39, 0.29) is 88.7 Å². The second-order valence-electron chi connectivity index (χ2n) is 21.8. The van der Waals surface area contributed by atoms with Gasteiger partial charge in [-0.25, -0.2) is 0 Å². The summed E-state index contributed by atoms with van der Waals surface area (Å²) in [6.07, 6.45) is -24.0. The zero-order valence-corrected chi connectivity index (χ0v) is 46.3. The highest BCUT2D eigenvalue weighted by molar-refractivity contribution is 6.14. The Morgan fingerprint density at radius 1 is 0.318 bits per heavy atom. The van der Waals surface area contributed by atoms with E-state index in [4.69, 9.17) is 0 Å². The fourth-order valence-electron chi connectivity index (χ4n) is 12.0. The molecule has 0 radical (unpaired) electrons. The molecule has 2 heterocycles. The lowest BCUT2D eigenvalue weighted by Crippen LogP contribution is -2.11. The fourth-order valence-corrected chi connectivity index (χ4v) is 12.0. The molecule has 3 nitrogen and oxygen atoms in total. The van der Waals surface area contributed by atoms with Gasteiger partial charge in [-0.15, -0.1) is 0 Å². The van der Waals surface area contributed by atoms with E-state index in [2.05, 4.69) is 6.07 Å². The van der Waals surface area contributed by atoms with Crippen LogP contribution in [0.1, 0.15) is 55.6 Å². The van der Waals surface area contributed by atoms with Crippen LogP contribution in [0.2, 0.25) is 0 Å². The van der Waals surface area contributed by atoms with Gasteiger partial charge in [-0.2, -0.15) is 71.1 Å². The summed E-state index contributed by atoms with van der Waals surface area (Å²) >= 11 is 0. The van der Waals surface area contributed by atoms with Crippen LogP contribution in [0.3, 0.4) is 0 Å². The third-order valence-electron chi connectivity index (χ3n) is 16.1. The van der Waals surface area contributed by atoms with Gasteiger partial charge < -0.3 is 9.13 Å². The number of nitriles is 1. The number of alkyl halides is 15. The first kappa shape index (κ1) is 58.6. The maximum atomic E-state index is 16.1. The Hall–Kier alpha value is -9.76. The topological polar surface area (TPSA) is 33.6 Å². The lowest BCUT2D eigenvalue weighted by atomic mass is 9.95. The third-order valence-corrected chi connectivity index (χ3v) is 16.1. The van der Waals surface area contributed by atoms with Crippen molar-refractivity contribution >= 4 is 43.6 Å². The Kier molecular flexibility index (Phi) is 13.8. The van der Waals surface area contributed by atoms with Crippen molar-refractivity contribution in [2.45, 2.75) is 58.6 Å². The second kappa shape index (κ2) is 20.7. The van der Waals surface area contributed by atoms with Gasteiger partial charge in [0.05, 0.1) is 72.9 Å². The fraction of sp³-hybridized carbons (Fsp3) is 0.129. The van der Waals surface area contributed by atoms with Crippen molar-refractivity contribution in [2.24, 2.45) is 0 Å². The van der Waals surface area contributed by atoms with E-state index in [0.717, 1.165) is 54.6 Å². The van der Waals surface area contributed by atoms with Gasteiger partial charge in [-0.05, 0) is 210 Å². The van der Waals surface area contributed by atoms with Gasteiger partial charge in [0, 0.05) is 27.1 Å². The minimum atomic E-state index is -5.12. The molecule has 88 heavy (non-hydrogen) atoms. The molecule has 0 bridgehead atoms. The van der Waals surface area contributed by atoms with Crippen molar-refractivity contribution in [1.82, 2.24) is 9.13 Å². The molecule has 2 aromatic heterocycles. The Bertz CT molecular complexity index is 4780. The molecule has 0 saturated carbocycles. The largest absolute Gasteiger partial charge is 0.417 e. The SMILES string of the molecule is Cc1ccc(-c2ccc3c(c2)c2cc(-c4ccc(C(F)(F)F)cc4C)ccc2n3-c2cc(C(F)(F)F)cc(-n3c4ccc(-c5ccc(C(F)(F)F)cc5C)cc4c4cc(-c5ccc(C(F)(F)F)cc5C)ccc43)c2-c2cccc(C#N)c2)c(C(F)(F)F)c1. The molecule has 0 aliphatic heterocycles. The van der Waals surface area contributed by atoms with Crippen LogP contribution in [0.25, 0.3) is 111 Å². The normalized spacial score (nSPS) is 12.7. The Balaban J connectivity index is 1.21. The van der Waals surface area contributed by atoms with Crippen LogP contribution in [0.5, 0.6) is 0 Å². The van der Waals surface area contributed by atoms with Gasteiger partial charge in [-0.3, -0.25) is 0 Å². The predicted octanol–water partition coefficient (Wildman–Crippen LogP) is 22.4. The highest BCUT2D eigenvalue weighted by Crippen LogP contribution is 2.49. The molecule has 0 aliphatic rings. The number of nitrogens with zero attached hydrogens (tertiary/aromatic N) is 3. The average molecular weight is 1210 g/mol. The maximum Gasteiger partial charge on any atom is 0.417 e. The van der Waals surface area contributed by atoms with Crippen LogP contribution < -0.4 is 0 Å². The summed E-state index contributed by atoms with van der Waals surface area (Å²) in [4.78, 5) is 0. The number of fused-ring (bicyclic) bond motifs is 6. The first-order chi connectivity index (χ1) is 41.4. The molecule has 442 valence electrons. The van der Waals surface area contributed by atoms with Crippen molar-refractivity contribution in [3.05, 3.63) is 238 Å². The van der Waals surface area contributed by atoms with Gasteiger partial charge in [0.1, 0.15) is 0 Å². The highest BCUT2D eigenvalue weighted by Gasteiger charge is 2.38. The zero-order chi connectivity index (χ0) is 62.9. The number of hydrogen-bond acceptors (Lipinski definition) is 1. The zero-order valence-electron chi connectivity index (χ0n) is 46.3. The van der Waals surface area contributed by atoms with Crippen molar-refractivity contribution < 1.29 is 65.9 Å². The van der Waals surface area contributed by atoms with Crippen LogP contribution in [-0.4, -0.2) is 9.13 Å². The van der Waals surface area contributed by atoms with Crippen molar-refractivity contribution in [3.63, 3.8) is 0 Å². The summed E-state index contributed by atoms with van der Waals surface area (Å²) in [6.45, 7) is 5.95. The first-order valence-electron chi connectivity index (χ1n) is 27.0. The average Bonchev–Trinajstić information content (AvgIpc) is 1.56. The monoisotopic (exact) mass is 1210 g/mol. The number of rotatable bonds is 7. The number of halogens is 15. The maximum absolute atomic E-state index is 16.1. The summed E-state index contributed by atoms with van der Waals surface area (Å²) in [5.74, 6) is 0. The Morgan fingerprint density at radius 3 is 1.00 bits per heavy atom. The summed E-state index contributed by atoms with van der Waals surface area (Å²) in [5.41, 5.74) is -0.755. The molecule has 0 unspecified atom stereocenters. The van der Waals surface area contributed by atoms with Crippen LogP contribution >= 0.6 is 0 Å². The van der Waals surface area contributed by atoms with E-state index in [1.54, 1.807) is 65.2 Å². The summed E-state index contributed by atoms with van der Waals surface area (Å²) in [7, 11) is 0. The van der Waals surface area contributed by atoms with E-state index < -0.39 is 58.7 Å². The highest BCUT2D eigenvalue weighted by atomic mass is 19.4. The summed E-state index contributed by atoms with van der Waals surface area (Å²) in [5, 5.41) is 11.6. The van der Waals surface area contributed by atoms with E-state index in [1.165, 1.54) is 99.0 Å². The van der Waals surface area contributed by atoms with Crippen molar-refractivity contribution in [3.8, 4) is 73.1 Å². The molecular formula is C70H42F15N3. The van der Waals surface area contributed by atoms with Gasteiger partial charge in [0.25, 0.3) is 0 Å². The minimum absolute atomic E-state index is 0.0728. The van der Waals surface area contributed by atoms with Gasteiger partial charge in [-0.1, -0.05) is 72.3 Å².